The van der Waals surface area contributed by atoms with Gasteiger partial charge in [-0.05, 0) is 49.6 Å². The average molecular weight is 402 g/mol. The summed E-state index contributed by atoms with van der Waals surface area (Å²) in [6, 6.07) is 10.0. The number of hydrogen-bond acceptors (Lipinski definition) is 3. The van der Waals surface area contributed by atoms with E-state index in [1.807, 2.05) is 30.3 Å². The Balaban J connectivity index is 1.91. The highest BCUT2D eigenvalue weighted by Crippen LogP contribution is 2.19. The molecule has 2 rings (SSSR count). The van der Waals surface area contributed by atoms with Crippen LogP contribution in [-0.4, -0.2) is 15.1 Å². The summed E-state index contributed by atoms with van der Waals surface area (Å²) in [5.41, 5.74) is 1.16. The molecule has 2 aromatic rings. The molecule has 0 amide bonds. The third-order valence-electron chi connectivity index (χ3n) is 2.23. The van der Waals surface area contributed by atoms with E-state index in [1.165, 1.54) is 0 Å². The summed E-state index contributed by atoms with van der Waals surface area (Å²) >= 11 is 11.8. The molecule has 0 bridgehead atoms. The van der Waals surface area contributed by atoms with E-state index in [9.17, 15) is 0 Å². The number of rotatable bonds is 3. The number of hydrogen-bond donors (Lipinski definition) is 2. The van der Waals surface area contributed by atoms with Gasteiger partial charge in [-0.3, -0.25) is 0 Å². The number of nitrogens with zero attached hydrogens (tertiary/aromatic N) is 2. The van der Waals surface area contributed by atoms with Gasteiger partial charge in [0.2, 0.25) is 0 Å². The van der Waals surface area contributed by atoms with E-state index in [-0.39, 0.29) is 0 Å². The average Bonchev–Trinajstić information content (AvgIpc) is 2.41. The van der Waals surface area contributed by atoms with Crippen LogP contribution in [0.4, 0.5) is 5.82 Å². The number of benzene rings is 1. The fourth-order valence-electron chi connectivity index (χ4n) is 1.36. The van der Waals surface area contributed by atoms with Crippen molar-refractivity contribution in [2.75, 3.05) is 5.32 Å². The molecular weight excluding hydrogens is 392 g/mol. The molecule has 0 saturated heterocycles. The van der Waals surface area contributed by atoms with Gasteiger partial charge in [-0.25, -0.2) is 9.97 Å². The number of anilines is 1. The van der Waals surface area contributed by atoms with E-state index in [0.29, 0.717) is 26.7 Å². The second-order valence-electron chi connectivity index (χ2n) is 3.63. The van der Waals surface area contributed by atoms with Crippen LogP contribution >= 0.6 is 44.1 Å². The van der Waals surface area contributed by atoms with Gasteiger partial charge in [0.15, 0.2) is 10.9 Å². The van der Waals surface area contributed by atoms with Crippen molar-refractivity contribution in [1.29, 1.82) is 0 Å². The molecule has 2 N–H and O–H groups in total. The van der Waals surface area contributed by atoms with Gasteiger partial charge in [0, 0.05) is 6.54 Å². The molecule has 7 heteroatoms. The van der Waals surface area contributed by atoms with Gasteiger partial charge in [-0.1, -0.05) is 30.3 Å². The summed E-state index contributed by atoms with van der Waals surface area (Å²) in [6.07, 6.45) is 1.60. The topological polar surface area (TPSA) is 49.8 Å². The molecule has 19 heavy (non-hydrogen) atoms. The van der Waals surface area contributed by atoms with E-state index >= 15 is 0 Å². The highest BCUT2D eigenvalue weighted by Gasteiger charge is 2.05. The summed E-state index contributed by atoms with van der Waals surface area (Å²) in [5, 5.41) is 6.60. The molecule has 0 atom stereocenters. The van der Waals surface area contributed by atoms with Crippen LogP contribution in [0.3, 0.4) is 0 Å². The Labute approximate surface area is 133 Å². The van der Waals surface area contributed by atoms with E-state index < -0.39 is 0 Å². The lowest BCUT2D eigenvalue weighted by atomic mass is 10.2. The van der Waals surface area contributed by atoms with E-state index in [0.717, 1.165) is 5.56 Å². The second-order valence-corrected chi connectivity index (χ2v) is 5.60. The Kier molecular flexibility index (Phi) is 5.24. The van der Waals surface area contributed by atoms with Crippen molar-refractivity contribution in [1.82, 2.24) is 15.3 Å². The van der Waals surface area contributed by atoms with Gasteiger partial charge >= 0.3 is 0 Å². The third kappa shape index (κ3) is 4.52. The SMILES string of the molecule is S=C(NCc1ccccc1)Nc1ncc(Br)nc1Br. The van der Waals surface area contributed by atoms with E-state index in [1.54, 1.807) is 6.20 Å². The summed E-state index contributed by atoms with van der Waals surface area (Å²) in [5.74, 6) is 0.578. The Hall–Kier alpha value is -1.05. The molecule has 1 aromatic heterocycles. The lowest BCUT2D eigenvalue weighted by Gasteiger charge is -2.10. The molecule has 4 nitrogen and oxygen atoms in total. The van der Waals surface area contributed by atoms with Gasteiger partial charge in [0.1, 0.15) is 9.21 Å². The minimum atomic E-state index is 0.501. The van der Waals surface area contributed by atoms with Crippen LogP contribution in [-0.2, 0) is 6.54 Å². The molecule has 0 spiro atoms. The molecule has 1 aromatic carbocycles. The van der Waals surface area contributed by atoms with Crippen LogP contribution in [0.1, 0.15) is 5.56 Å². The fourth-order valence-corrected chi connectivity index (χ4v) is 2.44. The van der Waals surface area contributed by atoms with Gasteiger partial charge in [0.05, 0.1) is 6.20 Å². The maximum Gasteiger partial charge on any atom is 0.172 e. The number of thiocarbonyl (C=S) groups is 1. The van der Waals surface area contributed by atoms with Crippen molar-refractivity contribution in [3.05, 3.63) is 51.3 Å². The Morgan fingerprint density at radius 2 is 1.95 bits per heavy atom. The molecule has 0 aliphatic carbocycles. The zero-order valence-corrected chi connectivity index (χ0v) is 13.7. The highest BCUT2D eigenvalue weighted by atomic mass is 79.9. The van der Waals surface area contributed by atoms with Crippen LogP contribution in [0.2, 0.25) is 0 Å². The number of halogens is 2. The minimum absolute atomic E-state index is 0.501. The molecule has 0 unspecified atom stereocenters. The van der Waals surface area contributed by atoms with Crippen molar-refractivity contribution < 1.29 is 0 Å². The summed E-state index contributed by atoms with van der Waals surface area (Å²) in [7, 11) is 0. The predicted octanol–water partition coefficient (Wildman–Crippen LogP) is 3.49. The maximum atomic E-state index is 5.21. The van der Waals surface area contributed by atoms with Gasteiger partial charge in [-0.15, -0.1) is 0 Å². The normalized spacial score (nSPS) is 10.0. The van der Waals surface area contributed by atoms with Crippen LogP contribution < -0.4 is 10.6 Å². The van der Waals surface area contributed by atoms with Crippen LogP contribution in [0, 0.1) is 0 Å². The Morgan fingerprint density at radius 3 is 2.63 bits per heavy atom. The maximum absolute atomic E-state index is 5.21. The standard InChI is InChI=1S/C12H10Br2N4S/c13-9-7-15-11(10(14)17-9)18-12(19)16-6-8-4-2-1-3-5-8/h1-5,7H,6H2,(H2,15,16,18,19). The predicted molar refractivity (Wildman–Crippen MR) is 86.9 cm³/mol. The minimum Gasteiger partial charge on any atom is -0.358 e. The van der Waals surface area contributed by atoms with Crippen molar-refractivity contribution in [2.45, 2.75) is 6.54 Å². The zero-order chi connectivity index (χ0) is 13.7. The van der Waals surface area contributed by atoms with Crippen molar-refractivity contribution in [3.8, 4) is 0 Å². The lowest BCUT2D eigenvalue weighted by Crippen LogP contribution is -2.28. The summed E-state index contributed by atoms with van der Waals surface area (Å²) < 4.78 is 1.26. The van der Waals surface area contributed by atoms with Crippen molar-refractivity contribution in [3.63, 3.8) is 0 Å². The van der Waals surface area contributed by atoms with Gasteiger partial charge < -0.3 is 10.6 Å². The molecule has 98 valence electrons. The first kappa shape index (κ1) is 14.4. The molecule has 0 radical (unpaired) electrons. The van der Waals surface area contributed by atoms with Crippen LogP contribution in [0.5, 0.6) is 0 Å². The Morgan fingerprint density at radius 1 is 1.21 bits per heavy atom. The van der Waals surface area contributed by atoms with Gasteiger partial charge in [0.25, 0.3) is 0 Å². The monoisotopic (exact) mass is 400 g/mol. The molecule has 0 aliphatic rings. The van der Waals surface area contributed by atoms with Gasteiger partial charge in [-0.2, -0.15) is 0 Å². The molecular formula is C12H10Br2N4S. The van der Waals surface area contributed by atoms with Crippen molar-refractivity contribution >= 4 is 55.0 Å². The molecule has 0 saturated carbocycles. The first-order valence-corrected chi connectivity index (χ1v) is 7.41. The van der Waals surface area contributed by atoms with E-state index in [4.69, 9.17) is 12.2 Å². The summed E-state index contributed by atoms with van der Waals surface area (Å²) in [4.78, 5) is 8.34. The smallest absolute Gasteiger partial charge is 0.172 e. The third-order valence-corrected chi connectivity index (χ3v) is 3.41. The number of nitrogens with one attached hydrogen (secondary N) is 2. The summed E-state index contributed by atoms with van der Waals surface area (Å²) in [6.45, 7) is 0.661. The first-order chi connectivity index (χ1) is 9.15. The first-order valence-electron chi connectivity index (χ1n) is 5.42. The lowest BCUT2D eigenvalue weighted by molar-refractivity contribution is 0.924. The zero-order valence-electron chi connectivity index (χ0n) is 9.73. The highest BCUT2D eigenvalue weighted by molar-refractivity contribution is 9.11. The molecule has 0 fully saturated rings. The van der Waals surface area contributed by atoms with Crippen molar-refractivity contribution in [2.24, 2.45) is 0 Å². The number of aromatic nitrogens is 2. The van der Waals surface area contributed by atoms with E-state index in [2.05, 4.69) is 52.5 Å². The fraction of sp³-hybridized carbons (Fsp3) is 0.0833. The van der Waals surface area contributed by atoms with Crippen LogP contribution in [0.15, 0.2) is 45.7 Å². The quantitative estimate of drug-likeness (QED) is 0.771. The Bertz CT molecular complexity index is 577. The largest absolute Gasteiger partial charge is 0.358 e. The second kappa shape index (κ2) is 6.93. The molecule has 0 aliphatic heterocycles. The molecule has 1 heterocycles. The van der Waals surface area contributed by atoms with Crippen LogP contribution in [0.25, 0.3) is 0 Å².